The van der Waals surface area contributed by atoms with Gasteiger partial charge in [0.05, 0.1) is 31.0 Å². The Hall–Kier alpha value is -5.48. The van der Waals surface area contributed by atoms with E-state index in [2.05, 4.69) is 20.5 Å². The molecule has 6 aromatic carbocycles. The van der Waals surface area contributed by atoms with Crippen LogP contribution in [0, 0.1) is 20.2 Å². The third-order valence-electron chi connectivity index (χ3n) is 8.29. The van der Waals surface area contributed by atoms with E-state index < -0.39 is 39.9 Å². The first-order valence-electron chi connectivity index (χ1n) is 16.2. The first-order valence-corrected chi connectivity index (χ1v) is 19.1. The van der Waals surface area contributed by atoms with E-state index >= 15 is 0 Å². The molecular weight excluding hydrogens is 813 g/mol. The number of hydrogen-bond donors (Lipinski definition) is 2. The molecule has 0 bridgehead atoms. The number of nitro groups is 2. The molecule has 21 heteroatoms. The van der Waals surface area contributed by atoms with Crippen LogP contribution in [0.25, 0.3) is 21.5 Å². The quantitative estimate of drug-likeness (QED) is 0.0433. The summed E-state index contributed by atoms with van der Waals surface area (Å²) in [6.45, 7) is 3.54. The van der Waals surface area contributed by atoms with Gasteiger partial charge >= 0.3 is 37.7 Å². The van der Waals surface area contributed by atoms with E-state index in [1.165, 1.54) is 97.1 Å². The largest absolute Gasteiger partial charge is 2.00 e. The average Bonchev–Trinajstić information content (AvgIpc) is 3.15. The first kappa shape index (κ1) is 44.2. The van der Waals surface area contributed by atoms with Gasteiger partial charge in [0.15, 0.2) is 0 Å². The number of aromatic hydroxyl groups is 2. The maximum Gasteiger partial charge on any atom is 2.00 e. The van der Waals surface area contributed by atoms with Crippen molar-refractivity contribution in [2.45, 2.75) is 36.5 Å². The Morgan fingerprint density at radius 2 is 0.912 bits per heavy atom. The summed E-state index contributed by atoms with van der Waals surface area (Å²) >= 11 is 0. The number of hydrogen-bond acceptors (Lipinski definition) is 16. The van der Waals surface area contributed by atoms with Crippen LogP contribution in [0.4, 0.5) is 34.1 Å². The Kier molecular flexibility index (Phi) is 14.1. The molecule has 0 fully saturated rings. The van der Waals surface area contributed by atoms with Crippen LogP contribution >= 0.6 is 0 Å². The maximum atomic E-state index is 11.5. The SMILES string of the molecule is CCc1cc(N=Nc2c(O)ccc3c(S(=O)(=O)[O-])cccc23)ccc1[N+](=O)[O-].CCc1cc(N=Nc2c(O)ccc3c(S(=O)(=O)[O-])cccc23)ccc1[N+](=O)[O-].[Ca+2]. The fraction of sp³-hybridized carbons (Fsp3) is 0.111. The van der Waals surface area contributed by atoms with Gasteiger partial charge in [-0.2, -0.15) is 10.2 Å². The molecule has 0 aliphatic rings. The molecule has 288 valence electrons. The Balaban J connectivity index is 0.000000248. The van der Waals surface area contributed by atoms with E-state index in [9.17, 15) is 56.4 Å². The van der Waals surface area contributed by atoms with Crippen molar-refractivity contribution in [3.8, 4) is 11.5 Å². The molecular formula is C36H28CaN6O12S2. The van der Waals surface area contributed by atoms with E-state index in [-0.39, 0.29) is 93.5 Å². The van der Waals surface area contributed by atoms with Gasteiger partial charge in [-0.1, -0.05) is 38.1 Å². The second kappa shape index (κ2) is 18.2. The standard InChI is InChI=1S/2C18H15N3O6S.Ca/c2*1-2-11-10-12(6-8-15(11)21(23)24)19-20-18-14-4-3-5-17(28(25,26)27)13(14)7-9-16(18)22;/h2*3-10,22H,2H2,1H3,(H,25,26,27);/q;;+2/p-2. The van der Waals surface area contributed by atoms with Crippen LogP contribution in [0.3, 0.4) is 0 Å². The molecule has 57 heavy (non-hydrogen) atoms. The van der Waals surface area contributed by atoms with Crippen molar-refractivity contribution < 1.29 is 46.0 Å². The molecule has 0 aromatic heterocycles. The molecule has 0 amide bonds. The van der Waals surface area contributed by atoms with Crippen molar-refractivity contribution in [2.24, 2.45) is 20.5 Å². The number of nitro benzene ring substituents is 2. The van der Waals surface area contributed by atoms with Crippen molar-refractivity contribution in [3.05, 3.63) is 128 Å². The van der Waals surface area contributed by atoms with Gasteiger partial charge in [-0.15, -0.1) is 10.2 Å². The Labute approximate surface area is 354 Å². The summed E-state index contributed by atoms with van der Waals surface area (Å²) in [5.74, 6) is -0.511. The van der Waals surface area contributed by atoms with Crippen molar-refractivity contribution in [1.82, 2.24) is 0 Å². The van der Waals surface area contributed by atoms with Crippen LogP contribution < -0.4 is 0 Å². The van der Waals surface area contributed by atoms with Crippen LogP contribution in [0.1, 0.15) is 25.0 Å². The molecule has 0 heterocycles. The zero-order valence-electron chi connectivity index (χ0n) is 29.8. The summed E-state index contributed by atoms with van der Waals surface area (Å²) in [6.07, 6.45) is 0.841. The normalized spacial score (nSPS) is 11.7. The second-order valence-electron chi connectivity index (χ2n) is 11.7. The predicted octanol–water partition coefficient (Wildman–Crippen LogP) is 8.29. The monoisotopic (exact) mass is 840 g/mol. The van der Waals surface area contributed by atoms with Gasteiger partial charge in [-0.3, -0.25) is 20.2 Å². The van der Waals surface area contributed by atoms with E-state index in [1.807, 2.05) is 0 Å². The van der Waals surface area contributed by atoms with Gasteiger partial charge in [-0.05, 0) is 73.5 Å². The Morgan fingerprint density at radius 1 is 0.544 bits per heavy atom. The number of aryl methyl sites for hydroxylation is 2. The van der Waals surface area contributed by atoms with Crippen molar-refractivity contribution in [1.29, 1.82) is 0 Å². The molecule has 2 N–H and O–H groups in total. The van der Waals surface area contributed by atoms with Crippen molar-refractivity contribution in [2.75, 3.05) is 0 Å². The topological polar surface area (TPSA) is 291 Å². The first-order chi connectivity index (χ1) is 26.4. The number of nitrogens with zero attached hydrogens (tertiary/aromatic N) is 6. The number of benzene rings is 6. The van der Waals surface area contributed by atoms with E-state index in [1.54, 1.807) is 13.8 Å². The summed E-state index contributed by atoms with van der Waals surface area (Å²) in [7, 11) is -9.43. The smallest absolute Gasteiger partial charge is 0.744 e. The van der Waals surface area contributed by atoms with Crippen molar-refractivity contribution >= 4 is 114 Å². The Morgan fingerprint density at radius 3 is 1.23 bits per heavy atom. The number of fused-ring (bicyclic) bond motifs is 2. The molecule has 6 rings (SSSR count). The molecule has 0 spiro atoms. The fourth-order valence-corrected chi connectivity index (χ4v) is 7.04. The minimum atomic E-state index is -4.72. The van der Waals surface area contributed by atoms with Crippen LogP contribution in [0.15, 0.2) is 127 Å². The van der Waals surface area contributed by atoms with Gasteiger partial charge in [0, 0.05) is 44.8 Å². The third kappa shape index (κ3) is 10.1. The zero-order chi connectivity index (χ0) is 40.9. The molecule has 0 saturated heterocycles. The predicted molar refractivity (Wildman–Crippen MR) is 206 cm³/mol. The van der Waals surface area contributed by atoms with Crippen molar-refractivity contribution in [3.63, 3.8) is 0 Å². The molecule has 0 unspecified atom stereocenters. The van der Waals surface area contributed by atoms with Crippen LogP contribution in [0.5, 0.6) is 11.5 Å². The molecule has 6 aromatic rings. The summed E-state index contributed by atoms with van der Waals surface area (Å²) in [4.78, 5) is 20.2. The number of azo groups is 2. The van der Waals surface area contributed by atoms with Crippen LogP contribution in [-0.4, -0.2) is 83.7 Å². The molecule has 0 radical (unpaired) electrons. The Bertz CT molecular complexity index is 2640. The molecule has 0 saturated carbocycles. The van der Waals surface area contributed by atoms with Gasteiger partial charge in [-0.25, -0.2) is 16.8 Å². The minimum Gasteiger partial charge on any atom is -0.744 e. The number of rotatable bonds is 10. The number of phenols is 2. The molecule has 0 aliphatic carbocycles. The summed E-state index contributed by atoms with van der Waals surface area (Å²) < 4.78 is 68.7. The van der Waals surface area contributed by atoms with Gasteiger partial charge in [0.2, 0.25) is 0 Å². The van der Waals surface area contributed by atoms with Gasteiger partial charge in [0.25, 0.3) is 11.4 Å². The second-order valence-corrected chi connectivity index (χ2v) is 14.4. The summed E-state index contributed by atoms with van der Waals surface area (Å²) in [5, 5.41) is 59.0. The van der Waals surface area contributed by atoms with Crippen LogP contribution in [-0.2, 0) is 33.1 Å². The zero-order valence-corrected chi connectivity index (χ0v) is 33.7. The van der Waals surface area contributed by atoms with Crippen LogP contribution in [0.2, 0.25) is 0 Å². The summed E-state index contributed by atoms with van der Waals surface area (Å²) in [6, 6.07) is 21.6. The van der Waals surface area contributed by atoms with E-state index in [4.69, 9.17) is 0 Å². The van der Waals surface area contributed by atoms with Gasteiger partial charge in [0.1, 0.15) is 43.1 Å². The molecule has 0 atom stereocenters. The maximum absolute atomic E-state index is 11.5. The van der Waals surface area contributed by atoms with Gasteiger partial charge < -0.3 is 19.3 Å². The fourth-order valence-electron chi connectivity index (χ4n) is 5.66. The average molecular weight is 841 g/mol. The third-order valence-corrected chi connectivity index (χ3v) is 10.1. The number of phenolic OH excluding ortho intramolecular Hbond substituents is 2. The van der Waals surface area contributed by atoms with E-state index in [0.717, 1.165) is 0 Å². The minimum absolute atomic E-state index is 0. The summed E-state index contributed by atoms with van der Waals surface area (Å²) in [5.41, 5.74) is 1.52. The molecule has 18 nitrogen and oxygen atoms in total. The van der Waals surface area contributed by atoms with E-state index in [0.29, 0.717) is 35.3 Å². The molecule has 0 aliphatic heterocycles.